The van der Waals surface area contributed by atoms with Crippen LogP contribution in [0.15, 0.2) is 27.6 Å². The number of carbonyl (C=O) groups is 1. The number of halogens is 2. The van der Waals surface area contributed by atoms with Crippen LogP contribution in [0.3, 0.4) is 0 Å². The average molecular weight is 484 g/mol. The van der Waals surface area contributed by atoms with Crippen LogP contribution in [0, 0.1) is 27.9 Å². The van der Waals surface area contributed by atoms with Crippen LogP contribution in [0.2, 0.25) is 10.0 Å². The smallest absolute Gasteiger partial charge is 0.294 e. The minimum absolute atomic E-state index is 0.107. The Morgan fingerprint density at radius 1 is 1.17 bits per heavy atom. The summed E-state index contributed by atoms with van der Waals surface area (Å²) >= 11 is 14.5. The molecular formula is C20H19Cl2N3O3S2. The van der Waals surface area contributed by atoms with E-state index in [1.165, 1.54) is 37.7 Å². The molecule has 4 fully saturated rings. The van der Waals surface area contributed by atoms with E-state index in [1.807, 2.05) is 0 Å². The summed E-state index contributed by atoms with van der Waals surface area (Å²) in [6, 6.07) is 1.37. The van der Waals surface area contributed by atoms with Crippen molar-refractivity contribution < 1.29 is 9.72 Å². The Balaban J connectivity index is 1.40. The molecule has 0 atom stereocenters. The molecule has 10 heteroatoms. The van der Waals surface area contributed by atoms with Gasteiger partial charge in [0, 0.05) is 24.0 Å². The summed E-state index contributed by atoms with van der Waals surface area (Å²) in [6.07, 6.45) is 9.83. The number of pyridine rings is 1. The van der Waals surface area contributed by atoms with E-state index in [1.54, 1.807) is 0 Å². The number of nitrogens with one attached hydrogen (secondary N) is 1. The second-order valence-electron chi connectivity index (χ2n) is 8.73. The third-order valence-electron chi connectivity index (χ3n) is 6.52. The molecule has 1 amide bonds. The Hall–Kier alpha value is -1.35. The number of rotatable bonds is 5. The predicted molar refractivity (Wildman–Crippen MR) is 118 cm³/mol. The quantitative estimate of drug-likeness (QED) is 0.403. The van der Waals surface area contributed by atoms with Gasteiger partial charge in [-0.2, -0.15) is 0 Å². The van der Waals surface area contributed by atoms with Gasteiger partial charge in [0.1, 0.15) is 9.09 Å². The molecule has 1 N–H and O–H groups in total. The largest absolute Gasteiger partial charge is 0.346 e. The van der Waals surface area contributed by atoms with Gasteiger partial charge in [0.05, 0.1) is 19.9 Å². The van der Waals surface area contributed by atoms with E-state index in [9.17, 15) is 14.9 Å². The fraction of sp³-hybridized carbons (Fsp3) is 0.500. The van der Waals surface area contributed by atoms with Crippen molar-refractivity contribution in [2.24, 2.45) is 17.8 Å². The molecule has 4 saturated carbocycles. The molecule has 4 aliphatic carbocycles. The topological polar surface area (TPSA) is 85.1 Å². The van der Waals surface area contributed by atoms with E-state index in [2.05, 4.69) is 10.3 Å². The van der Waals surface area contributed by atoms with Gasteiger partial charge in [-0.25, -0.2) is 0 Å². The van der Waals surface area contributed by atoms with E-state index in [0.29, 0.717) is 41.8 Å². The lowest BCUT2D eigenvalue weighted by molar-refractivity contribution is -0.387. The Bertz CT molecular complexity index is 987. The standard InChI is InChI=1S/C20H19Cl2N3O3S2/c21-13-8-23-9-14(22)17(13)30-19-15(25(27)28)4-16(29-19)18(26)24-20-5-10-1-11(6-20)3-12(2-10)7-20/h4,8-12H,1-3,5-7H2,(H,24,26). The second kappa shape index (κ2) is 7.65. The summed E-state index contributed by atoms with van der Waals surface area (Å²) in [5.74, 6) is 1.90. The lowest BCUT2D eigenvalue weighted by Gasteiger charge is -2.56. The molecule has 0 aliphatic heterocycles. The third kappa shape index (κ3) is 3.72. The van der Waals surface area contributed by atoms with Crippen LogP contribution in [0.4, 0.5) is 5.69 Å². The van der Waals surface area contributed by atoms with Crippen LogP contribution in [0.25, 0.3) is 0 Å². The Morgan fingerprint density at radius 3 is 2.27 bits per heavy atom. The molecule has 4 aliphatic rings. The minimum atomic E-state index is -0.469. The van der Waals surface area contributed by atoms with Crippen molar-refractivity contribution in [2.45, 2.75) is 53.2 Å². The van der Waals surface area contributed by atoms with Gasteiger partial charge in [0.15, 0.2) is 0 Å². The molecule has 0 aromatic carbocycles. The summed E-state index contributed by atoms with van der Waals surface area (Å²) < 4.78 is 0.380. The van der Waals surface area contributed by atoms with E-state index in [4.69, 9.17) is 23.2 Å². The third-order valence-corrected chi connectivity index (χ3v) is 9.77. The fourth-order valence-electron chi connectivity index (χ4n) is 5.83. The van der Waals surface area contributed by atoms with Crippen molar-refractivity contribution in [3.63, 3.8) is 0 Å². The fourth-order valence-corrected chi connectivity index (χ4v) is 8.59. The maximum Gasteiger partial charge on any atom is 0.294 e. The van der Waals surface area contributed by atoms with Crippen LogP contribution >= 0.6 is 46.3 Å². The number of nitro groups is 1. The number of aromatic nitrogens is 1. The summed E-state index contributed by atoms with van der Waals surface area (Å²) in [6.45, 7) is 0. The van der Waals surface area contributed by atoms with Crippen LogP contribution < -0.4 is 5.32 Å². The van der Waals surface area contributed by atoms with Crippen molar-refractivity contribution >= 4 is 57.9 Å². The summed E-state index contributed by atoms with van der Waals surface area (Å²) in [4.78, 5) is 29.0. The molecule has 2 aromatic rings. The van der Waals surface area contributed by atoms with Gasteiger partial charge in [-0.05, 0) is 56.3 Å². The monoisotopic (exact) mass is 483 g/mol. The molecule has 6 nitrogen and oxygen atoms in total. The molecule has 30 heavy (non-hydrogen) atoms. The summed E-state index contributed by atoms with van der Waals surface area (Å²) in [7, 11) is 0. The van der Waals surface area contributed by atoms with Crippen molar-refractivity contribution in [2.75, 3.05) is 0 Å². The SMILES string of the molecule is O=C(NC12CC3CC(CC(C3)C1)C2)c1cc([N+](=O)[O-])c(Sc2c(Cl)cncc2Cl)s1. The van der Waals surface area contributed by atoms with Gasteiger partial charge in [0.25, 0.3) is 11.6 Å². The predicted octanol–water partition coefficient (Wildman–Crippen LogP) is 6.21. The first-order chi connectivity index (χ1) is 14.3. The van der Waals surface area contributed by atoms with Crippen LogP contribution in [0.5, 0.6) is 0 Å². The highest BCUT2D eigenvalue weighted by atomic mass is 35.5. The highest BCUT2D eigenvalue weighted by Crippen LogP contribution is 2.56. The summed E-state index contributed by atoms with van der Waals surface area (Å²) in [5, 5.41) is 15.5. The molecule has 0 unspecified atom stereocenters. The average Bonchev–Trinajstić information content (AvgIpc) is 3.08. The van der Waals surface area contributed by atoms with E-state index in [0.717, 1.165) is 42.4 Å². The number of carbonyl (C=O) groups excluding carboxylic acids is 1. The minimum Gasteiger partial charge on any atom is -0.346 e. The molecular weight excluding hydrogens is 465 g/mol. The Labute approximate surface area is 191 Å². The van der Waals surface area contributed by atoms with Gasteiger partial charge in [-0.1, -0.05) is 35.0 Å². The zero-order chi connectivity index (χ0) is 21.0. The first-order valence-corrected chi connectivity index (χ1v) is 12.3. The van der Waals surface area contributed by atoms with Crippen molar-refractivity contribution in [3.8, 4) is 0 Å². The van der Waals surface area contributed by atoms with Crippen LogP contribution in [0.1, 0.15) is 48.2 Å². The highest BCUT2D eigenvalue weighted by Gasteiger charge is 2.51. The number of nitrogens with zero attached hydrogens (tertiary/aromatic N) is 2. The lowest BCUT2D eigenvalue weighted by Crippen LogP contribution is -2.59. The van der Waals surface area contributed by atoms with Crippen LogP contribution in [-0.2, 0) is 0 Å². The lowest BCUT2D eigenvalue weighted by atomic mass is 9.53. The van der Waals surface area contributed by atoms with Gasteiger partial charge in [-0.15, -0.1) is 11.3 Å². The van der Waals surface area contributed by atoms with E-state index >= 15 is 0 Å². The summed E-state index contributed by atoms with van der Waals surface area (Å²) in [5.41, 5.74) is -0.250. The highest BCUT2D eigenvalue weighted by molar-refractivity contribution is 8.01. The maximum atomic E-state index is 13.1. The normalized spacial score (nSPS) is 29.2. The Morgan fingerprint density at radius 2 is 1.73 bits per heavy atom. The van der Waals surface area contributed by atoms with Crippen molar-refractivity contribution in [1.29, 1.82) is 0 Å². The van der Waals surface area contributed by atoms with E-state index < -0.39 is 4.92 Å². The maximum absolute atomic E-state index is 13.1. The van der Waals surface area contributed by atoms with Gasteiger partial charge >= 0.3 is 0 Å². The molecule has 4 bridgehead atoms. The first kappa shape index (κ1) is 20.5. The molecule has 2 heterocycles. The molecule has 0 spiro atoms. The number of hydrogen-bond acceptors (Lipinski definition) is 6. The number of hydrogen-bond donors (Lipinski definition) is 1. The van der Waals surface area contributed by atoms with E-state index in [-0.39, 0.29) is 17.1 Å². The second-order valence-corrected chi connectivity index (χ2v) is 11.9. The molecule has 0 saturated heterocycles. The van der Waals surface area contributed by atoms with Crippen molar-refractivity contribution in [1.82, 2.24) is 10.3 Å². The van der Waals surface area contributed by atoms with Crippen molar-refractivity contribution in [3.05, 3.63) is 43.5 Å². The zero-order valence-electron chi connectivity index (χ0n) is 15.9. The number of amides is 1. The number of thiophene rings is 1. The van der Waals surface area contributed by atoms with Gasteiger partial charge in [0.2, 0.25) is 0 Å². The molecule has 2 aromatic heterocycles. The molecule has 158 valence electrons. The molecule has 0 radical (unpaired) electrons. The van der Waals surface area contributed by atoms with Gasteiger partial charge in [-0.3, -0.25) is 19.9 Å². The van der Waals surface area contributed by atoms with Crippen LogP contribution in [-0.4, -0.2) is 21.4 Å². The zero-order valence-corrected chi connectivity index (χ0v) is 19.0. The first-order valence-electron chi connectivity index (χ1n) is 9.89. The Kier molecular flexibility index (Phi) is 5.24. The van der Waals surface area contributed by atoms with Gasteiger partial charge < -0.3 is 5.32 Å². The molecule has 6 rings (SSSR count).